The summed E-state index contributed by atoms with van der Waals surface area (Å²) in [6.45, 7) is 2.84. The number of nitrogens with zero attached hydrogens (tertiary/aromatic N) is 1. The molecular formula is C13H17Br2NO3. The number of carboxylic acid groups (broad SMARTS) is 1. The summed E-state index contributed by atoms with van der Waals surface area (Å²) in [6, 6.07) is 1.99. The Balaban J connectivity index is 1.75. The Morgan fingerprint density at radius 2 is 2.11 bits per heavy atom. The highest BCUT2D eigenvalue weighted by atomic mass is 79.9. The lowest BCUT2D eigenvalue weighted by molar-refractivity contribution is -0.137. The second-order valence-corrected chi connectivity index (χ2v) is 6.56. The maximum atomic E-state index is 10.5. The predicted molar refractivity (Wildman–Crippen MR) is 79.0 cm³/mol. The summed E-state index contributed by atoms with van der Waals surface area (Å²) in [5, 5.41) is 8.69. The number of hydrogen-bond acceptors (Lipinski definition) is 3. The van der Waals surface area contributed by atoms with Gasteiger partial charge in [-0.15, -0.1) is 0 Å². The summed E-state index contributed by atoms with van der Waals surface area (Å²) in [4.78, 5) is 12.9. The van der Waals surface area contributed by atoms with Crippen molar-refractivity contribution in [3.05, 3.63) is 21.0 Å². The van der Waals surface area contributed by atoms with Crippen LogP contribution in [0.5, 0.6) is 0 Å². The molecule has 1 fully saturated rings. The second-order valence-electron chi connectivity index (χ2n) is 4.99. The summed E-state index contributed by atoms with van der Waals surface area (Å²) in [6.07, 6.45) is 3.26. The third kappa shape index (κ3) is 4.61. The van der Waals surface area contributed by atoms with E-state index in [9.17, 15) is 4.79 Å². The zero-order valence-electron chi connectivity index (χ0n) is 10.6. The van der Waals surface area contributed by atoms with E-state index in [4.69, 9.17) is 9.52 Å². The van der Waals surface area contributed by atoms with Crippen LogP contribution in [0.15, 0.2) is 19.6 Å². The number of carboxylic acids is 1. The van der Waals surface area contributed by atoms with Crippen molar-refractivity contribution in [1.29, 1.82) is 0 Å². The molecule has 0 atom stereocenters. The van der Waals surface area contributed by atoms with Gasteiger partial charge in [-0.25, -0.2) is 0 Å². The molecule has 1 N–H and O–H groups in total. The van der Waals surface area contributed by atoms with Crippen molar-refractivity contribution in [3.63, 3.8) is 0 Å². The Kier molecular flexibility index (Phi) is 5.47. The van der Waals surface area contributed by atoms with E-state index < -0.39 is 5.97 Å². The Bertz CT molecular complexity index is 420. The van der Waals surface area contributed by atoms with Crippen LogP contribution in [0.2, 0.25) is 0 Å². The molecule has 4 nitrogen and oxygen atoms in total. The molecule has 0 aromatic carbocycles. The number of piperidine rings is 1. The molecule has 1 aromatic heterocycles. The minimum atomic E-state index is -0.687. The van der Waals surface area contributed by atoms with Crippen molar-refractivity contribution < 1.29 is 14.3 Å². The van der Waals surface area contributed by atoms with Crippen LogP contribution in [0.3, 0.4) is 0 Å². The fraction of sp³-hybridized carbons (Fsp3) is 0.615. The van der Waals surface area contributed by atoms with Crippen LogP contribution in [0.4, 0.5) is 0 Å². The highest BCUT2D eigenvalue weighted by Gasteiger charge is 2.21. The molecule has 0 spiro atoms. The van der Waals surface area contributed by atoms with Gasteiger partial charge in [-0.05, 0) is 76.2 Å². The SMILES string of the molecule is O=C(O)CCC1CCN(Cc2cc(Br)c(Br)o2)CC1. The molecule has 19 heavy (non-hydrogen) atoms. The molecule has 1 aliphatic heterocycles. The maximum Gasteiger partial charge on any atom is 0.303 e. The van der Waals surface area contributed by atoms with E-state index >= 15 is 0 Å². The Hall–Kier alpha value is -0.330. The first-order chi connectivity index (χ1) is 9.04. The van der Waals surface area contributed by atoms with Gasteiger partial charge in [0.25, 0.3) is 0 Å². The quantitative estimate of drug-likeness (QED) is 0.823. The summed E-state index contributed by atoms with van der Waals surface area (Å²) in [5.74, 6) is 0.817. The van der Waals surface area contributed by atoms with Crippen molar-refractivity contribution in [3.8, 4) is 0 Å². The number of carbonyl (C=O) groups is 1. The van der Waals surface area contributed by atoms with E-state index in [1.807, 2.05) is 6.07 Å². The van der Waals surface area contributed by atoms with E-state index in [-0.39, 0.29) is 0 Å². The number of furan rings is 1. The number of likely N-dealkylation sites (tertiary alicyclic amines) is 1. The molecular weight excluding hydrogens is 378 g/mol. The highest BCUT2D eigenvalue weighted by Crippen LogP contribution is 2.29. The molecule has 1 aliphatic rings. The van der Waals surface area contributed by atoms with Gasteiger partial charge in [0.05, 0.1) is 11.0 Å². The molecule has 1 aromatic rings. The number of hydrogen-bond donors (Lipinski definition) is 1. The third-order valence-corrected chi connectivity index (χ3v) is 5.26. The number of rotatable bonds is 5. The van der Waals surface area contributed by atoms with Crippen LogP contribution >= 0.6 is 31.9 Å². The summed E-state index contributed by atoms with van der Waals surface area (Å²) >= 11 is 6.75. The van der Waals surface area contributed by atoms with Gasteiger partial charge in [-0.1, -0.05) is 0 Å². The third-order valence-electron chi connectivity index (χ3n) is 3.55. The van der Waals surface area contributed by atoms with E-state index in [1.54, 1.807) is 0 Å². The van der Waals surface area contributed by atoms with E-state index in [0.29, 0.717) is 12.3 Å². The standard InChI is InChI=1S/C13H17Br2NO3/c14-11-7-10(19-13(11)15)8-16-5-3-9(4-6-16)1-2-12(17)18/h7,9H,1-6,8H2,(H,17,18). The summed E-state index contributed by atoms with van der Waals surface area (Å²) < 4.78 is 7.25. The van der Waals surface area contributed by atoms with Gasteiger partial charge in [0.2, 0.25) is 0 Å². The number of halogens is 2. The minimum Gasteiger partial charge on any atom is -0.481 e. The van der Waals surface area contributed by atoms with E-state index in [2.05, 4.69) is 36.8 Å². The van der Waals surface area contributed by atoms with E-state index in [1.165, 1.54) is 0 Å². The minimum absolute atomic E-state index is 0.294. The largest absolute Gasteiger partial charge is 0.481 e. The Morgan fingerprint density at radius 1 is 1.42 bits per heavy atom. The number of aliphatic carboxylic acids is 1. The van der Waals surface area contributed by atoms with Crippen LogP contribution in [-0.4, -0.2) is 29.1 Å². The Morgan fingerprint density at radius 3 is 2.63 bits per heavy atom. The molecule has 0 bridgehead atoms. The monoisotopic (exact) mass is 393 g/mol. The topological polar surface area (TPSA) is 53.7 Å². The average Bonchev–Trinajstić information content (AvgIpc) is 2.67. The molecule has 0 unspecified atom stereocenters. The zero-order valence-corrected chi connectivity index (χ0v) is 13.7. The lowest BCUT2D eigenvalue weighted by Gasteiger charge is -2.31. The first-order valence-electron chi connectivity index (χ1n) is 6.42. The van der Waals surface area contributed by atoms with Gasteiger partial charge in [0.15, 0.2) is 4.67 Å². The molecule has 0 radical (unpaired) electrons. The lowest BCUT2D eigenvalue weighted by Crippen LogP contribution is -2.33. The van der Waals surface area contributed by atoms with Crippen molar-refractivity contribution in [2.24, 2.45) is 5.92 Å². The van der Waals surface area contributed by atoms with Crippen molar-refractivity contribution in [2.75, 3.05) is 13.1 Å². The second kappa shape index (κ2) is 6.90. The molecule has 1 saturated heterocycles. The van der Waals surface area contributed by atoms with Gasteiger partial charge in [0.1, 0.15) is 5.76 Å². The molecule has 0 saturated carbocycles. The summed E-state index contributed by atoms with van der Waals surface area (Å²) in [7, 11) is 0. The smallest absolute Gasteiger partial charge is 0.303 e. The molecule has 0 aliphatic carbocycles. The molecule has 2 heterocycles. The molecule has 0 amide bonds. The highest BCUT2D eigenvalue weighted by molar-refractivity contribution is 9.13. The normalized spacial score (nSPS) is 17.8. The summed E-state index contributed by atoms with van der Waals surface area (Å²) in [5.41, 5.74) is 0. The van der Waals surface area contributed by atoms with Crippen molar-refractivity contribution in [1.82, 2.24) is 4.90 Å². The van der Waals surface area contributed by atoms with Crippen molar-refractivity contribution >= 4 is 37.8 Å². The fourth-order valence-corrected chi connectivity index (χ4v) is 3.11. The fourth-order valence-electron chi connectivity index (χ4n) is 2.45. The van der Waals surface area contributed by atoms with Crippen LogP contribution in [0, 0.1) is 5.92 Å². The first-order valence-corrected chi connectivity index (χ1v) is 8.01. The van der Waals surface area contributed by atoms with Gasteiger partial charge in [-0.2, -0.15) is 0 Å². The predicted octanol–water partition coefficient (Wildman–Crippen LogP) is 3.88. The van der Waals surface area contributed by atoms with Gasteiger partial charge in [-0.3, -0.25) is 9.69 Å². The van der Waals surface area contributed by atoms with Crippen LogP contribution in [0.1, 0.15) is 31.4 Å². The van der Waals surface area contributed by atoms with Crippen LogP contribution in [0.25, 0.3) is 0 Å². The maximum absolute atomic E-state index is 10.5. The molecule has 2 rings (SSSR count). The van der Waals surface area contributed by atoms with Crippen molar-refractivity contribution in [2.45, 2.75) is 32.2 Å². The van der Waals surface area contributed by atoms with Crippen LogP contribution < -0.4 is 0 Å². The van der Waals surface area contributed by atoms with Crippen LogP contribution in [-0.2, 0) is 11.3 Å². The lowest BCUT2D eigenvalue weighted by atomic mass is 9.92. The van der Waals surface area contributed by atoms with Gasteiger partial charge < -0.3 is 9.52 Å². The van der Waals surface area contributed by atoms with E-state index in [0.717, 1.165) is 53.8 Å². The van der Waals surface area contributed by atoms with Gasteiger partial charge in [0, 0.05) is 6.42 Å². The first kappa shape index (κ1) is 15.1. The van der Waals surface area contributed by atoms with Gasteiger partial charge >= 0.3 is 5.97 Å². The zero-order chi connectivity index (χ0) is 13.8. The molecule has 6 heteroatoms. The molecule has 106 valence electrons. The average molecular weight is 395 g/mol. The Labute approximate surface area is 129 Å².